The number of nitrogens with zero attached hydrogens (tertiary/aromatic N) is 3. The molecule has 8 N–H and O–H groups in total. The van der Waals surface area contributed by atoms with E-state index in [1.54, 1.807) is 39.0 Å². The summed E-state index contributed by atoms with van der Waals surface area (Å²) in [5.41, 5.74) is 12.0. The van der Waals surface area contributed by atoms with E-state index in [1.165, 1.54) is 27.3 Å². The molecule has 0 fully saturated rings. The summed E-state index contributed by atoms with van der Waals surface area (Å²) in [4.78, 5) is 96.9. The molecule has 93 heavy (non-hydrogen) atoms. The number of hydrogen-bond acceptors (Lipinski definition) is 23. The Morgan fingerprint density at radius 2 is 1.32 bits per heavy atom. The molecule has 2 aliphatic heterocycles. The van der Waals surface area contributed by atoms with E-state index >= 15 is 0 Å². The van der Waals surface area contributed by atoms with Gasteiger partial charge in [-0.15, -0.1) is 0 Å². The zero-order valence-electron chi connectivity index (χ0n) is 53.3. The molecule has 0 radical (unpaired) electrons. The molecule has 2 aromatic carbocycles. The molecule has 0 saturated carbocycles. The smallest absolute Gasteiger partial charge is 0.457 e. The number of urea groups is 1. The number of nitrogens with two attached hydrogens (primary N) is 2. The summed E-state index contributed by atoms with van der Waals surface area (Å²) >= 11 is 0. The van der Waals surface area contributed by atoms with Gasteiger partial charge in [-0.3, -0.25) is 19.2 Å². The maximum atomic E-state index is 14.4. The number of carbonyl (C=O) groups is 6. The third-order valence-electron chi connectivity index (χ3n) is 14.6. The van der Waals surface area contributed by atoms with Crippen molar-refractivity contribution in [3.63, 3.8) is 0 Å². The van der Waals surface area contributed by atoms with Crippen molar-refractivity contribution in [2.75, 3.05) is 157 Å². The molecule has 2 aliphatic rings. The molecule has 30 nitrogen and oxygen atoms in total. The second kappa shape index (κ2) is 39.4. The van der Waals surface area contributed by atoms with Crippen LogP contribution in [0.1, 0.15) is 67.9 Å². The molecule has 0 spiro atoms. The fourth-order valence-corrected chi connectivity index (χ4v) is 11.3. The number of hydrogen-bond donors (Lipinski definition) is 6. The summed E-state index contributed by atoms with van der Waals surface area (Å²) in [6, 6.07) is 13.0. The minimum absolute atomic E-state index is 0.0752. The monoisotopic (exact) mass is 1330 g/mol. The first-order valence-electron chi connectivity index (χ1n) is 30.9. The highest BCUT2D eigenvalue weighted by atomic mass is 32.2. The normalized spacial score (nSPS) is 14.5. The maximum Gasteiger partial charge on any atom is 0.510 e. The molecule has 5 amide bonds. The lowest BCUT2D eigenvalue weighted by Gasteiger charge is -2.35. The number of sulfonamides is 1. The van der Waals surface area contributed by atoms with Gasteiger partial charge in [0.05, 0.1) is 141 Å². The summed E-state index contributed by atoms with van der Waals surface area (Å²) < 4.78 is 94.1. The number of carbonyl (C=O) groups excluding carboxylic acids is 6. The molecule has 2 aromatic heterocycles. The van der Waals surface area contributed by atoms with Gasteiger partial charge in [-0.05, 0) is 74.9 Å². The van der Waals surface area contributed by atoms with Crippen molar-refractivity contribution in [2.24, 2.45) is 11.5 Å². The molecule has 4 heterocycles. The molecule has 0 bridgehead atoms. The fourth-order valence-electron chi connectivity index (χ4n) is 10.1. The zero-order chi connectivity index (χ0) is 67.0. The van der Waals surface area contributed by atoms with Crippen LogP contribution in [0.5, 0.6) is 0 Å². The number of para-hydroxylation sites is 1. The van der Waals surface area contributed by atoms with Crippen LogP contribution < -0.4 is 38.3 Å². The Hall–Kier alpha value is -7.27. The average molecular weight is 1330 g/mol. The zero-order valence-corrected chi connectivity index (χ0v) is 54.2. The summed E-state index contributed by atoms with van der Waals surface area (Å²) in [5, 5.41) is 11.2. The van der Waals surface area contributed by atoms with Crippen molar-refractivity contribution in [3.05, 3.63) is 92.8 Å². The van der Waals surface area contributed by atoms with Crippen molar-refractivity contribution in [2.45, 2.75) is 83.9 Å². The minimum atomic E-state index is -3.55. The maximum absolute atomic E-state index is 14.4. The van der Waals surface area contributed by atoms with E-state index < -0.39 is 76.3 Å². The number of pyridine rings is 2. The van der Waals surface area contributed by atoms with Gasteiger partial charge in [0.1, 0.15) is 32.5 Å². The van der Waals surface area contributed by atoms with Crippen LogP contribution in [0.3, 0.4) is 0 Å². The van der Waals surface area contributed by atoms with Gasteiger partial charge in [0.25, 0.3) is 5.56 Å². The van der Waals surface area contributed by atoms with Crippen LogP contribution in [0.4, 0.5) is 15.3 Å². The van der Waals surface area contributed by atoms with Crippen LogP contribution in [0, 0.1) is 0 Å². The Balaban J connectivity index is 0.884. The van der Waals surface area contributed by atoms with Crippen molar-refractivity contribution in [1.29, 1.82) is 0 Å². The lowest BCUT2D eigenvalue weighted by Crippen LogP contribution is -2.47. The second-order valence-electron chi connectivity index (χ2n) is 21.6. The standard InChI is InChI=1S/C62H89N9O21S/c1-5-62(50-37-53-56-48(38-70(53)58(75)49(50)40-90-59(62)76)46(47-9-6-7-10-51(47)69-56)16-20-71(43(2)3)93(4,79)80)92-61(78)91-39-44-12-14-45(15-13-44)67-57(74)52(11-8-18-66-60(64)77)68-55(73)42-89-41-54(72)65-19-22-82-24-26-84-28-30-86-32-34-88-36-35-87-33-31-85-29-27-83-25-23-81-21-17-63/h6-7,9-10,12-15,37,43,52H,5,8,11,16-36,38-42,63H2,1-4H3,(H,65,72)(H,67,74)(H,68,73)(H3,64,66,77)/t52-,62-/m0/s1. The number of ether oxygens (including phenoxy) is 12. The SMILES string of the molecule is CC[C@@]1(OC(=O)OCc2ccc(NC(=O)[C@H](CCCNC(N)=O)NC(=O)COCC(=O)NCCOCCOCCOCCOCCOCCOCCOCCOCCN)cc2)C(=O)OCc2c1cc1n(c2=O)Cc2c-1nc1ccccc1c2CCN(C(C)C)S(C)(=O)=O. The number of rotatable bonds is 46. The number of esters is 1. The summed E-state index contributed by atoms with van der Waals surface area (Å²) in [7, 11) is -3.55. The average Bonchev–Trinajstić information content (AvgIpc) is 1.64. The van der Waals surface area contributed by atoms with Gasteiger partial charge >= 0.3 is 18.2 Å². The van der Waals surface area contributed by atoms with Gasteiger partial charge < -0.3 is 94.1 Å². The summed E-state index contributed by atoms with van der Waals surface area (Å²) in [6.07, 6.45) is 0.451. The van der Waals surface area contributed by atoms with E-state index in [-0.39, 0.29) is 89.0 Å². The van der Waals surface area contributed by atoms with Crippen LogP contribution >= 0.6 is 0 Å². The Labute approximate surface area is 540 Å². The topological polar surface area (TPSA) is 386 Å². The van der Waals surface area contributed by atoms with Gasteiger partial charge in [-0.2, -0.15) is 4.31 Å². The lowest BCUT2D eigenvalue weighted by atomic mass is 9.85. The summed E-state index contributed by atoms with van der Waals surface area (Å²) in [5.74, 6) is -2.71. The molecule has 0 saturated heterocycles. The molecule has 514 valence electrons. The number of amides is 5. The quantitative estimate of drug-likeness (QED) is 0.0239. The van der Waals surface area contributed by atoms with Crippen molar-refractivity contribution >= 4 is 62.5 Å². The van der Waals surface area contributed by atoms with Crippen molar-refractivity contribution in [3.8, 4) is 11.4 Å². The number of anilines is 1. The first-order valence-corrected chi connectivity index (χ1v) is 32.8. The van der Waals surface area contributed by atoms with Crippen LogP contribution in [0.2, 0.25) is 0 Å². The predicted octanol–water partition coefficient (Wildman–Crippen LogP) is 1.75. The highest BCUT2D eigenvalue weighted by molar-refractivity contribution is 7.88. The van der Waals surface area contributed by atoms with Gasteiger partial charge in [0, 0.05) is 54.4 Å². The molecular weight excluding hydrogens is 1240 g/mol. The minimum Gasteiger partial charge on any atom is -0.457 e. The third kappa shape index (κ3) is 23.9. The van der Waals surface area contributed by atoms with E-state index in [0.29, 0.717) is 134 Å². The van der Waals surface area contributed by atoms with Crippen molar-refractivity contribution < 1.29 is 94.0 Å². The molecular formula is C62H89N9O21S. The van der Waals surface area contributed by atoms with Crippen molar-refractivity contribution in [1.82, 2.24) is 29.8 Å². The second-order valence-corrected chi connectivity index (χ2v) is 23.6. The van der Waals surface area contributed by atoms with E-state index in [1.807, 2.05) is 24.3 Å². The number of fused-ring (bicyclic) bond motifs is 5. The van der Waals surface area contributed by atoms with E-state index in [4.69, 9.17) is 73.3 Å². The van der Waals surface area contributed by atoms with Gasteiger partial charge in [-0.1, -0.05) is 37.3 Å². The van der Waals surface area contributed by atoms with Crippen LogP contribution in [0.15, 0.2) is 59.4 Å². The summed E-state index contributed by atoms with van der Waals surface area (Å²) in [6.45, 7) is 11.2. The van der Waals surface area contributed by atoms with Gasteiger partial charge in [0.15, 0.2) is 0 Å². The van der Waals surface area contributed by atoms with Gasteiger partial charge in [0.2, 0.25) is 33.3 Å². The third-order valence-corrected chi connectivity index (χ3v) is 16.1. The highest BCUT2D eigenvalue weighted by Gasteiger charge is 2.51. The largest absolute Gasteiger partial charge is 0.510 e. The molecule has 31 heteroatoms. The van der Waals surface area contributed by atoms with Gasteiger partial charge in [-0.25, -0.2) is 27.8 Å². The molecule has 4 aromatic rings. The Kier molecular flexibility index (Phi) is 31.7. The number of nitrogens with one attached hydrogen (secondary N) is 4. The van der Waals surface area contributed by atoms with Crippen LogP contribution in [-0.2, 0) is 118 Å². The molecule has 2 atom stereocenters. The first kappa shape index (κ1) is 74.8. The Morgan fingerprint density at radius 3 is 1.89 bits per heavy atom. The first-order chi connectivity index (χ1) is 44.9. The number of cyclic esters (lactones) is 1. The lowest BCUT2D eigenvalue weighted by molar-refractivity contribution is -0.175. The van der Waals surface area contributed by atoms with E-state index in [2.05, 4.69) is 21.3 Å². The number of primary amides is 1. The number of aromatic nitrogens is 2. The Bertz CT molecular complexity index is 3250. The molecule has 0 aliphatic carbocycles. The van der Waals surface area contributed by atoms with Crippen LogP contribution in [-0.4, -0.2) is 222 Å². The highest BCUT2D eigenvalue weighted by Crippen LogP contribution is 2.42. The fraction of sp³-hybridized carbons (Fsp3) is 0.581. The predicted molar refractivity (Wildman–Crippen MR) is 337 cm³/mol. The van der Waals surface area contributed by atoms with E-state index in [0.717, 1.165) is 16.5 Å². The molecule has 0 unspecified atom stereocenters. The number of benzene rings is 2. The van der Waals surface area contributed by atoms with Crippen LogP contribution in [0.25, 0.3) is 22.3 Å². The van der Waals surface area contributed by atoms with E-state index in [9.17, 15) is 42.0 Å². The Morgan fingerprint density at radius 1 is 0.742 bits per heavy atom. The molecule has 6 rings (SSSR count).